The van der Waals surface area contributed by atoms with Crippen LogP contribution in [0.15, 0.2) is 30.6 Å². The summed E-state index contributed by atoms with van der Waals surface area (Å²) >= 11 is 7.78. The molecule has 0 amide bonds. The smallest absolute Gasteiger partial charge is 0.138 e. The van der Waals surface area contributed by atoms with Crippen LogP contribution < -0.4 is 5.32 Å². The number of aromatic nitrogens is 2. The van der Waals surface area contributed by atoms with Crippen LogP contribution in [-0.4, -0.2) is 9.97 Å². The second-order valence-electron chi connectivity index (χ2n) is 6.23. The van der Waals surface area contributed by atoms with Crippen molar-refractivity contribution in [1.29, 1.82) is 0 Å². The molecule has 118 valence electrons. The highest BCUT2D eigenvalue weighted by Crippen LogP contribution is 2.39. The Morgan fingerprint density at radius 1 is 1.26 bits per heavy atom. The van der Waals surface area contributed by atoms with E-state index in [1.54, 1.807) is 6.33 Å². The summed E-state index contributed by atoms with van der Waals surface area (Å²) < 4.78 is 0. The fourth-order valence-electron chi connectivity index (χ4n) is 3.20. The van der Waals surface area contributed by atoms with Gasteiger partial charge in [0, 0.05) is 16.4 Å². The highest BCUT2D eigenvalue weighted by Gasteiger charge is 2.22. The number of anilines is 1. The van der Waals surface area contributed by atoms with Crippen molar-refractivity contribution in [3.63, 3.8) is 0 Å². The van der Waals surface area contributed by atoms with Gasteiger partial charge in [-0.3, -0.25) is 0 Å². The van der Waals surface area contributed by atoms with Gasteiger partial charge in [0.15, 0.2) is 0 Å². The van der Waals surface area contributed by atoms with Crippen molar-refractivity contribution in [2.45, 2.75) is 32.7 Å². The molecule has 1 aromatic carbocycles. The van der Waals surface area contributed by atoms with Crippen molar-refractivity contribution < 1.29 is 0 Å². The maximum absolute atomic E-state index is 5.94. The van der Waals surface area contributed by atoms with Crippen molar-refractivity contribution in [2.75, 3.05) is 5.32 Å². The van der Waals surface area contributed by atoms with E-state index in [9.17, 15) is 0 Å². The average Bonchev–Trinajstić information content (AvgIpc) is 2.92. The third kappa shape index (κ3) is 2.93. The van der Waals surface area contributed by atoms with E-state index in [2.05, 4.69) is 22.2 Å². The largest absolute Gasteiger partial charge is 0.365 e. The van der Waals surface area contributed by atoms with Gasteiger partial charge in [-0.25, -0.2) is 9.97 Å². The van der Waals surface area contributed by atoms with E-state index in [0.717, 1.165) is 34.6 Å². The monoisotopic (exact) mass is 343 g/mol. The molecule has 3 aromatic rings. The van der Waals surface area contributed by atoms with Crippen molar-refractivity contribution in [1.82, 2.24) is 9.97 Å². The highest BCUT2D eigenvalue weighted by molar-refractivity contribution is 7.19. The standard InChI is InChI=1S/C18H18ClN3S/c1-11-2-7-14-15(8-11)23-18-16(14)17(21-10-22-18)20-9-12-3-5-13(19)6-4-12/h3-6,10-11H,2,7-9H2,1H3,(H,20,21,22)/t11-/m0/s1. The number of nitrogens with zero attached hydrogens (tertiary/aromatic N) is 2. The van der Waals surface area contributed by atoms with Crippen LogP contribution in [0.4, 0.5) is 5.82 Å². The van der Waals surface area contributed by atoms with Gasteiger partial charge < -0.3 is 5.32 Å². The Morgan fingerprint density at radius 3 is 2.91 bits per heavy atom. The van der Waals surface area contributed by atoms with Gasteiger partial charge in [0.1, 0.15) is 17.0 Å². The molecule has 1 aliphatic rings. The van der Waals surface area contributed by atoms with E-state index in [-0.39, 0.29) is 0 Å². The number of thiophene rings is 1. The van der Waals surface area contributed by atoms with Gasteiger partial charge in [-0.2, -0.15) is 0 Å². The lowest BCUT2D eigenvalue weighted by Gasteiger charge is -2.18. The second kappa shape index (κ2) is 6.10. The van der Waals surface area contributed by atoms with Crippen LogP contribution in [0.3, 0.4) is 0 Å². The van der Waals surface area contributed by atoms with Crippen molar-refractivity contribution >= 4 is 39.0 Å². The van der Waals surface area contributed by atoms with Crippen molar-refractivity contribution in [3.05, 3.63) is 51.6 Å². The maximum Gasteiger partial charge on any atom is 0.138 e. The van der Waals surface area contributed by atoms with Gasteiger partial charge in [0.25, 0.3) is 0 Å². The molecule has 1 N–H and O–H groups in total. The van der Waals surface area contributed by atoms with Crippen molar-refractivity contribution in [3.8, 4) is 0 Å². The first kappa shape index (κ1) is 14.9. The molecule has 0 saturated heterocycles. The molecule has 0 radical (unpaired) electrons. The molecule has 23 heavy (non-hydrogen) atoms. The lowest BCUT2D eigenvalue weighted by molar-refractivity contribution is 0.509. The summed E-state index contributed by atoms with van der Waals surface area (Å²) in [6.07, 6.45) is 5.23. The lowest BCUT2D eigenvalue weighted by Crippen LogP contribution is -2.09. The van der Waals surface area contributed by atoms with E-state index in [1.807, 2.05) is 35.6 Å². The zero-order valence-corrected chi connectivity index (χ0v) is 14.5. The molecular weight excluding hydrogens is 326 g/mol. The molecular formula is C18H18ClN3S. The molecule has 2 aromatic heterocycles. The molecule has 0 bridgehead atoms. The lowest BCUT2D eigenvalue weighted by atomic mass is 9.89. The minimum atomic E-state index is 0.740. The number of aryl methyl sites for hydroxylation is 1. The van der Waals surface area contributed by atoms with E-state index >= 15 is 0 Å². The number of hydrogen-bond acceptors (Lipinski definition) is 4. The first-order valence-electron chi connectivity index (χ1n) is 7.94. The quantitative estimate of drug-likeness (QED) is 0.720. The van der Waals surface area contributed by atoms with Crippen LogP contribution in [0.5, 0.6) is 0 Å². The van der Waals surface area contributed by atoms with Crippen molar-refractivity contribution in [2.24, 2.45) is 5.92 Å². The summed E-state index contributed by atoms with van der Waals surface area (Å²) in [4.78, 5) is 11.6. The minimum absolute atomic E-state index is 0.740. The molecule has 2 heterocycles. The molecule has 5 heteroatoms. The zero-order valence-electron chi connectivity index (χ0n) is 13.0. The Morgan fingerprint density at radius 2 is 2.09 bits per heavy atom. The summed E-state index contributed by atoms with van der Waals surface area (Å²) in [7, 11) is 0. The van der Waals surface area contributed by atoms with E-state index in [1.165, 1.54) is 34.2 Å². The molecule has 0 spiro atoms. The summed E-state index contributed by atoms with van der Waals surface area (Å²) in [5, 5.41) is 5.48. The van der Waals surface area contributed by atoms with E-state index in [4.69, 9.17) is 11.6 Å². The van der Waals surface area contributed by atoms with Gasteiger partial charge in [-0.05, 0) is 48.4 Å². The van der Waals surface area contributed by atoms with Crippen LogP contribution >= 0.6 is 22.9 Å². The number of halogens is 1. The first-order chi connectivity index (χ1) is 11.2. The third-order valence-electron chi connectivity index (χ3n) is 4.46. The van der Waals surface area contributed by atoms with Gasteiger partial charge in [-0.1, -0.05) is 30.7 Å². The van der Waals surface area contributed by atoms with Gasteiger partial charge in [0.05, 0.1) is 5.39 Å². The predicted octanol–water partition coefficient (Wildman–Crippen LogP) is 5.08. The number of nitrogens with one attached hydrogen (secondary N) is 1. The van der Waals surface area contributed by atoms with Crippen LogP contribution in [-0.2, 0) is 19.4 Å². The number of fused-ring (bicyclic) bond motifs is 3. The average molecular weight is 344 g/mol. The Kier molecular flexibility index (Phi) is 3.95. The molecule has 4 rings (SSSR count). The normalized spacial score (nSPS) is 17.2. The molecule has 0 saturated carbocycles. The Hall–Kier alpha value is -1.65. The van der Waals surface area contributed by atoms with Gasteiger partial charge >= 0.3 is 0 Å². The van der Waals surface area contributed by atoms with Gasteiger partial charge in [0.2, 0.25) is 0 Å². The number of rotatable bonds is 3. The summed E-state index contributed by atoms with van der Waals surface area (Å²) in [6, 6.07) is 7.92. The second-order valence-corrected chi connectivity index (χ2v) is 7.75. The maximum atomic E-state index is 5.94. The van der Waals surface area contributed by atoms with E-state index in [0.29, 0.717) is 0 Å². The SMILES string of the molecule is C[C@H]1CCc2c(sc3ncnc(NCc4ccc(Cl)cc4)c23)C1. The first-order valence-corrected chi connectivity index (χ1v) is 9.13. The fourth-order valence-corrected chi connectivity index (χ4v) is 4.67. The summed E-state index contributed by atoms with van der Waals surface area (Å²) in [6.45, 7) is 3.07. The Balaban J connectivity index is 1.66. The van der Waals surface area contributed by atoms with Crippen LogP contribution in [0.1, 0.15) is 29.3 Å². The van der Waals surface area contributed by atoms with Crippen LogP contribution in [0.25, 0.3) is 10.2 Å². The fraction of sp³-hybridized carbons (Fsp3) is 0.333. The third-order valence-corrected chi connectivity index (χ3v) is 5.88. The van der Waals surface area contributed by atoms with Crippen LogP contribution in [0.2, 0.25) is 5.02 Å². The molecule has 0 fully saturated rings. The zero-order chi connectivity index (χ0) is 15.8. The molecule has 0 unspecified atom stereocenters. The number of benzene rings is 1. The molecule has 1 aliphatic carbocycles. The molecule has 0 aliphatic heterocycles. The van der Waals surface area contributed by atoms with Crippen LogP contribution in [0, 0.1) is 5.92 Å². The Labute approximate surface area is 144 Å². The Bertz CT molecular complexity index is 841. The minimum Gasteiger partial charge on any atom is -0.365 e. The summed E-state index contributed by atoms with van der Waals surface area (Å²) in [5.74, 6) is 1.73. The molecule has 3 nitrogen and oxygen atoms in total. The predicted molar refractivity (Wildman–Crippen MR) is 97.4 cm³/mol. The van der Waals surface area contributed by atoms with Gasteiger partial charge in [-0.15, -0.1) is 11.3 Å². The summed E-state index contributed by atoms with van der Waals surface area (Å²) in [5.41, 5.74) is 2.65. The molecule has 1 atom stereocenters. The van der Waals surface area contributed by atoms with E-state index < -0.39 is 0 Å². The number of hydrogen-bond donors (Lipinski definition) is 1. The topological polar surface area (TPSA) is 37.8 Å². The highest BCUT2D eigenvalue weighted by atomic mass is 35.5.